The van der Waals surface area contributed by atoms with Crippen molar-refractivity contribution in [2.45, 2.75) is 206 Å². The van der Waals surface area contributed by atoms with Gasteiger partial charge in [-0.15, -0.1) is 0 Å². The third-order valence-electron chi connectivity index (χ3n) is 12.3. The minimum atomic E-state index is -1.54. The van der Waals surface area contributed by atoms with Crippen LogP contribution in [0.2, 0.25) is 0 Å². The Labute approximate surface area is 506 Å². The van der Waals surface area contributed by atoms with E-state index in [0.717, 1.165) is 141 Å². The molecule has 462 valence electrons. The monoisotopic (exact) mass is 1140 g/mol. The maximum Gasteiger partial charge on any atom is 0.361 e. The van der Waals surface area contributed by atoms with Gasteiger partial charge in [-0.2, -0.15) is 0 Å². The minimum Gasteiger partial charge on any atom is -0.477 e. The molecule has 9 nitrogen and oxygen atoms in total. The molecule has 0 aliphatic carbocycles. The number of unbranched alkanes of at least 4 members (excludes halogenated alkanes) is 8. The summed E-state index contributed by atoms with van der Waals surface area (Å²) in [6, 6.07) is 0. The second-order valence-electron chi connectivity index (χ2n) is 21.2. The Kier molecular flexibility index (Phi) is 57.8. The number of hydrogen-bond acceptors (Lipinski definition) is 7. The fourth-order valence-corrected chi connectivity index (χ4v) is 7.58. The zero-order chi connectivity index (χ0) is 60.5. The first-order chi connectivity index (χ1) is 40.6. The zero-order valence-corrected chi connectivity index (χ0v) is 52.5. The molecule has 0 aliphatic rings. The number of aliphatic carboxylic acids is 1. The molecule has 0 saturated carbocycles. The number of quaternary nitrogens is 1. The van der Waals surface area contributed by atoms with Gasteiger partial charge in [0, 0.05) is 12.8 Å². The van der Waals surface area contributed by atoms with E-state index in [9.17, 15) is 19.5 Å². The summed E-state index contributed by atoms with van der Waals surface area (Å²) in [4.78, 5) is 37.4. The second-order valence-corrected chi connectivity index (χ2v) is 21.2. The summed E-state index contributed by atoms with van der Waals surface area (Å²) in [6.07, 6.45) is 93.9. The van der Waals surface area contributed by atoms with Crippen molar-refractivity contribution < 1.29 is 42.9 Å². The predicted octanol–water partition coefficient (Wildman–Crippen LogP) is 19.5. The first-order valence-electron chi connectivity index (χ1n) is 31.6. The first-order valence-corrected chi connectivity index (χ1v) is 31.6. The van der Waals surface area contributed by atoms with E-state index in [-0.39, 0.29) is 32.7 Å². The normalized spacial score (nSPS) is 14.1. The van der Waals surface area contributed by atoms with Crippen molar-refractivity contribution in [3.8, 4) is 0 Å². The van der Waals surface area contributed by atoms with E-state index in [1.54, 1.807) is 0 Å². The van der Waals surface area contributed by atoms with Gasteiger partial charge in [0.1, 0.15) is 13.2 Å². The van der Waals surface area contributed by atoms with Crippen LogP contribution in [0, 0.1) is 0 Å². The molecule has 0 aromatic rings. The summed E-state index contributed by atoms with van der Waals surface area (Å²) in [5, 5.41) is 9.71. The molecule has 0 amide bonds. The van der Waals surface area contributed by atoms with E-state index in [4.69, 9.17) is 18.9 Å². The number of rotatable bonds is 55. The van der Waals surface area contributed by atoms with Crippen LogP contribution >= 0.6 is 0 Å². The molecule has 0 saturated heterocycles. The van der Waals surface area contributed by atoms with Crippen molar-refractivity contribution in [3.05, 3.63) is 194 Å². The molecule has 0 fully saturated rings. The molecule has 0 radical (unpaired) electrons. The highest BCUT2D eigenvalue weighted by Gasteiger charge is 2.25. The summed E-state index contributed by atoms with van der Waals surface area (Å²) in [6.45, 7) is 4.53. The van der Waals surface area contributed by atoms with Crippen LogP contribution in [0.25, 0.3) is 0 Å². The standard InChI is InChI=1S/C74H113NO8/c1-6-8-10-12-14-16-18-20-22-24-25-26-27-28-29-30-31-32-33-34-35-36-37-38-39-40-41-42-43-44-45-46-47-49-51-53-55-57-59-61-63-65-72(77)83-70(69-82-74(73(78)79)80-67-66-75(3,4)5)68-81-71(76)64-62-60-58-56-54-52-50-48-23-21-19-17-15-13-11-9-7-2/h8-11,14-17,20-23,25-26,28-29,31-32,34-35,37-38,40-41,43-44,46-47,50,52,56,58,70,74H,6-7,12-13,18-19,24,27,30,33,36,39,42,45,48-49,51,53-55,57,59-69H2,1-5H3/p+1/b10-8-,11-9-,16-14-,17-15-,22-20-,23-21-,26-25-,29-28-,32-31-,35-34-,38-37-,41-40-,44-43-,47-46-,52-50-,58-56-. The van der Waals surface area contributed by atoms with Crippen LogP contribution in [0.15, 0.2) is 194 Å². The maximum atomic E-state index is 12.9. The number of carbonyl (C=O) groups excluding carboxylic acids is 2. The van der Waals surface area contributed by atoms with Gasteiger partial charge in [-0.25, -0.2) is 4.79 Å². The molecule has 2 atom stereocenters. The molecule has 9 heteroatoms. The number of carboxylic acids is 1. The second kappa shape index (κ2) is 62.2. The Hall–Kier alpha value is -5.87. The van der Waals surface area contributed by atoms with Crippen LogP contribution in [0.3, 0.4) is 0 Å². The smallest absolute Gasteiger partial charge is 0.361 e. The summed E-state index contributed by atoms with van der Waals surface area (Å²) in [7, 11) is 5.93. The fraction of sp³-hybridized carbons (Fsp3) is 0.527. The van der Waals surface area contributed by atoms with Crippen molar-refractivity contribution >= 4 is 17.9 Å². The molecular weight excluding hydrogens is 1030 g/mol. The van der Waals surface area contributed by atoms with Gasteiger partial charge in [0.05, 0.1) is 34.4 Å². The van der Waals surface area contributed by atoms with E-state index >= 15 is 0 Å². The van der Waals surface area contributed by atoms with Crippen molar-refractivity contribution in [2.75, 3.05) is 47.5 Å². The van der Waals surface area contributed by atoms with Gasteiger partial charge >= 0.3 is 17.9 Å². The highest BCUT2D eigenvalue weighted by atomic mass is 16.7. The topological polar surface area (TPSA) is 108 Å². The van der Waals surface area contributed by atoms with Crippen LogP contribution in [0.4, 0.5) is 0 Å². The number of carboxylic acid groups (broad SMARTS) is 1. The molecule has 0 heterocycles. The number of carbonyl (C=O) groups is 3. The quantitative estimate of drug-likeness (QED) is 0.0211. The lowest BCUT2D eigenvalue weighted by Crippen LogP contribution is -2.40. The van der Waals surface area contributed by atoms with E-state index in [1.165, 1.54) is 12.8 Å². The highest BCUT2D eigenvalue weighted by molar-refractivity contribution is 5.71. The largest absolute Gasteiger partial charge is 0.477 e. The van der Waals surface area contributed by atoms with Gasteiger partial charge in [0.15, 0.2) is 6.10 Å². The van der Waals surface area contributed by atoms with Crippen LogP contribution in [-0.2, 0) is 33.3 Å². The van der Waals surface area contributed by atoms with Crippen LogP contribution in [-0.4, -0.2) is 87.4 Å². The van der Waals surface area contributed by atoms with Gasteiger partial charge in [0.2, 0.25) is 0 Å². The Morgan fingerprint density at radius 2 is 0.663 bits per heavy atom. The molecule has 83 heavy (non-hydrogen) atoms. The summed E-state index contributed by atoms with van der Waals surface area (Å²) < 4.78 is 22.8. The lowest BCUT2D eigenvalue weighted by molar-refractivity contribution is -0.870. The zero-order valence-electron chi connectivity index (χ0n) is 52.5. The van der Waals surface area contributed by atoms with Gasteiger partial charge in [0.25, 0.3) is 6.29 Å². The third-order valence-corrected chi connectivity index (χ3v) is 12.3. The molecule has 1 N–H and O–H groups in total. The number of hydrogen-bond donors (Lipinski definition) is 1. The van der Waals surface area contributed by atoms with Gasteiger partial charge in [-0.1, -0.05) is 240 Å². The lowest BCUT2D eigenvalue weighted by Gasteiger charge is -2.25. The Bertz CT molecular complexity index is 2060. The van der Waals surface area contributed by atoms with Crippen molar-refractivity contribution in [2.24, 2.45) is 0 Å². The minimum absolute atomic E-state index is 0.165. The molecule has 0 aromatic carbocycles. The van der Waals surface area contributed by atoms with E-state index < -0.39 is 30.3 Å². The van der Waals surface area contributed by atoms with Gasteiger partial charge in [-0.3, -0.25) is 9.59 Å². The highest BCUT2D eigenvalue weighted by Crippen LogP contribution is 2.13. The van der Waals surface area contributed by atoms with Crippen molar-refractivity contribution in [1.82, 2.24) is 0 Å². The lowest BCUT2D eigenvalue weighted by atomic mass is 10.1. The van der Waals surface area contributed by atoms with Crippen LogP contribution in [0.1, 0.15) is 194 Å². The molecule has 2 unspecified atom stereocenters. The summed E-state index contributed by atoms with van der Waals surface area (Å²) >= 11 is 0. The number of allylic oxidation sites excluding steroid dienone is 32. The molecule has 0 spiro atoms. The average molecular weight is 1150 g/mol. The van der Waals surface area contributed by atoms with Crippen LogP contribution in [0.5, 0.6) is 0 Å². The molecule has 0 aromatic heterocycles. The van der Waals surface area contributed by atoms with Crippen LogP contribution < -0.4 is 0 Å². The van der Waals surface area contributed by atoms with E-state index in [1.807, 2.05) is 21.1 Å². The average Bonchev–Trinajstić information content (AvgIpc) is 3.46. The molecule has 0 rings (SSSR count). The van der Waals surface area contributed by atoms with E-state index in [0.29, 0.717) is 23.9 Å². The molecular formula is C74H114NO8+. The number of likely N-dealkylation sites (N-methyl/N-ethyl adjacent to an activating group) is 1. The van der Waals surface area contributed by atoms with Crippen molar-refractivity contribution in [3.63, 3.8) is 0 Å². The Morgan fingerprint density at radius 3 is 1.00 bits per heavy atom. The fourth-order valence-electron chi connectivity index (χ4n) is 7.58. The third kappa shape index (κ3) is 63.6. The van der Waals surface area contributed by atoms with E-state index in [2.05, 4.69) is 208 Å². The summed E-state index contributed by atoms with van der Waals surface area (Å²) in [5.74, 6) is -2.13. The van der Waals surface area contributed by atoms with Gasteiger partial charge < -0.3 is 28.5 Å². The number of ether oxygens (including phenoxy) is 4. The van der Waals surface area contributed by atoms with Crippen molar-refractivity contribution in [1.29, 1.82) is 0 Å². The number of nitrogens with zero attached hydrogens (tertiary/aromatic N) is 1. The predicted molar refractivity (Wildman–Crippen MR) is 354 cm³/mol. The SMILES string of the molecule is CC/C=C\C/C=C\C/C=C\C/C=C\C/C=C\C/C=C\C/C=C\C/C=C\C/C=C\C/C=C\C/C=C\CCCCCCCCCC(=O)OC(COC(=O)CCC/C=C\C/C=C\C/C=C\C/C=C\C/C=C\CC)COC(OCC[N+](C)(C)C)C(=O)O. The Balaban J connectivity index is 4.26. The molecule has 0 aliphatic heterocycles. The Morgan fingerprint density at radius 1 is 0.361 bits per heavy atom. The maximum absolute atomic E-state index is 12.9. The number of esters is 2. The van der Waals surface area contributed by atoms with Gasteiger partial charge in [-0.05, 0) is 135 Å². The molecule has 0 bridgehead atoms. The summed E-state index contributed by atoms with van der Waals surface area (Å²) in [5.41, 5.74) is 0. The first kappa shape index (κ1) is 77.1.